The fourth-order valence-corrected chi connectivity index (χ4v) is 2.76. The first-order valence-electron chi connectivity index (χ1n) is 7.33. The van der Waals surface area contributed by atoms with E-state index in [9.17, 15) is 9.90 Å². The Labute approximate surface area is 127 Å². The van der Waals surface area contributed by atoms with Crippen molar-refractivity contribution in [3.05, 3.63) is 24.6 Å². The maximum Gasteiger partial charge on any atom is 0.330 e. The zero-order valence-corrected chi connectivity index (χ0v) is 12.6. The molecule has 0 unspecified atom stereocenters. The summed E-state index contributed by atoms with van der Waals surface area (Å²) in [6, 6.07) is 0. The summed E-state index contributed by atoms with van der Waals surface area (Å²) in [6.07, 6.45) is 5.80. The minimum atomic E-state index is -0.947. The molecule has 1 aliphatic rings. The zero-order chi connectivity index (χ0) is 15.7. The number of carboxylic acid groups (broad SMARTS) is 1. The number of hydrogen-bond acceptors (Lipinski definition) is 6. The van der Waals surface area contributed by atoms with Gasteiger partial charge in [-0.1, -0.05) is 13.8 Å². The van der Waals surface area contributed by atoms with Gasteiger partial charge in [-0.05, 0) is 18.0 Å². The Kier molecular flexibility index (Phi) is 3.59. The van der Waals surface area contributed by atoms with Crippen LogP contribution in [-0.4, -0.2) is 43.9 Å². The van der Waals surface area contributed by atoms with E-state index in [-0.39, 0.29) is 5.92 Å². The lowest BCUT2D eigenvalue weighted by Gasteiger charge is -2.39. The first-order chi connectivity index (χ1) is 10.5. The van der Waals surface area contributed by atoms with Crippen LogP contribution in [0.1, 0.15) is 38.5 Å². The molecule has 2 aromatic rings. The highest BCUT2D eigenvalue weighted by atomic mass is 16.5. The molecular weight excluding hydrogens is 286 g/mol. The van der Waals surface area contributed by atoms with Crippen LogP contribution in [-0.2, 0) is 10.3 Å². The minimum absolute atomic E-state index is 0.176. The van der Waals surface area contributed by atoms with E-state index in [0.29, 0.717) is 37.8 Å². The summed E-state index contributed by atoms with van der Waals surface area (Å²) in [4.78, 5) is 22.1. The Balaban J connectivity index is 1.77. The number of carboxylic acids is 1. The Morgan fingerprint density at radius 2 is 2.14 bits per heavy atom. The summed E-state index contributed by atoms with van der Waals surface area (Å²) in [5.41, 5.74) is -0.947. The van der Waals surface area contributed by atoms with Crippen LogP contribution in [0.3, 0.4) is 0 Å². The number of imidazole rings is 1. The summed E-state index contributed by atoms with van der Waals surface area (Å²) in [5.74, 6) is 0.476. The zero-order valence-electron chi connectivity index (χ0n) is 12.6. The van der Waals surface area contributed by atoms with Crippen molar-refractivity contribution < 1.29 is 14.4 Å². The van der Waals surface area contributed by atoms with Crippen LogP contribution in [0.2, 0.25) is 0 Å². The van der Waals surface area contributed by atoms with Gasteiger partial charge in [-0.2, -0.15) is 4.98 Å². The molecule has 118 valence electrons. The van der Waals surface area contributed by atoms with Crippen LogP contribution in [0, 0.1) is 0 Å². The Morgan fingerprint density at radius 1 is 1.41 bits per heavy atom. The third kappa shape index (κ3) is 2.34. The SMILES string of the molecule is CC(C)c1nc(N2CCC(C(=O)O)(n3ccnc3)CC2)no1. The molecule has 1 N–H and O–H groups in total. The Hall–Kier alpha value is -2.38. The molecule has 3 rings (SSSR count). The van der Waals surface area contributed by atoms with Crippen molar-refractivity contribution in [3.63, 3.8) is 0 Å². The average Bonchev–Trinajstić information content (AvgIpc) is 3.19. The summed E-state index contributed by atoms with van der Waals surface area (Å²) in [5, 5.41) is 13.7. The van der Waals surface area contributed by atoms with Crippen LogP contribution >= 0.6 is 0 Å². The fraction of sp³-hybridized carbons (Fsp3) is 0.571. The summed E-state index contributed by atoms with van der Waals surface area (Å²) in [7, 11) is 0. The van der Waals surface area contributed by atoms with Crippen molar-refractivity contribution in [2.75, 3.05) is 18.0 Å². The Morgan fingerprint density at radius 3 is 2.64 bits per heavy atom. The molecule has 8 heteroatoms. The van der Waals surface area contributed by atoms with E-state index in [1.807, 2.05) is 18.7 Å². The highest BCUT2D eigenvalue weighted by Crippen LogP contribution is 2.32. The van der Waals surface area contributed by atoms with E-state index < -0.39 is 11.5 Å². The highest BCUT2D eigenvalue weighted by molar-refractivity contribution is 5.77. The largest absolute Gasteiger partial charge is 0.479 e. The third-order valence-corrected chi connectivity index (χ3v) is 4.20. The predicted octanol–water partition coefficient (Wildman–Crippen LogP) is 1.47. The van der Waals surface area contributed by atoms with Gasteiger partial charge in [0, 0.05) is 31.4 Å². The maximum absolute atomic E-state index is 11.8. The molecule has 0 aromatic carbocycles. The van der Waals surface area contributed by atoms with Gasteiger partial charge in [-0.3, -0.25) is 0 Å². The van der Waals surface area contributed by atoms with E-state index in [1.165, 1.54) is 0 Å². The predicted molar refractivity (Wildman–Crippen MR) is 77.7 cm³/mol. The van der Waals surface area contributed by atoms with E-state index in [2.05, 4.69) is 15.1 Å². The van der Waals surface area contributed by atoms with Crippen LogP contribution in [0.5, 0.6) is 0 Å². The molecule has 0 radical (unpaired) electrons. The maximum atomic E-state index is 11.8. The lowest BCUT2D eigenvalue weighted by atomic mass is 9.87. The normalized spacial score (nSPS) is 17.9. The van der Waals surface area contributed by atoms with Gasteiger partial charge in [0.1, 0.15) is 5.54 Å². The van der Waals surface area contributed by atoms with Crippen molar-refractivity contribution >= 4 is 11.9 Å². The molecule has 0 saturated carbocycles. The molecule has 0 aliphatic carbocycles. The molecule has 0 spiro atoms. The van der Waals surface area contributed by atoms with Crippen LogP contribution < -0.4 is 4.90 Å². The quantitative estimate of drug-likeness (QED) is 0.913. The molecule has 2 aromatic heterocycles. The number of aliphatic carboxylic acids is 1. The molecule has 3 heterocycles. The van der Waals surface area contributed by atoms with Crippen molar-refractivity contribution in [1.29, 1.82) is 0 Å². The fourth-order valence-electron chi connectivity index (χ4n) is 2.76. The van der Waals surface area contributed by atoms with Crippen molar-refractivity contribution in [2.24, 2.45) is 0 Å². The molecule has 0 amide bonds. The van der Waals surface area contributed by atoms with E-state index in [1.54, 1.807) is 23.3 Å². The monoisotopic (exact) mass is 305 g/mol. The van der Waals surface area contributed by atoms with Gasteiger partial charge < -0.3 is 19.1 Å². The van der Waals surface area contributed by atoms with Gasteiger partial charge in [0.2, 0.25) is 5.89 Å². The van der Waals surface area contributed by atoms with E-state index in [4.69, 9.17) is 4.52 Å². The number of rotatable bonds is 4. The van der Waals surface area contributed by atoms with Gasteiger partial charge in [0.15, 0.2) is 0 Å². The molecule has 0 atom stereocenters. The highest BCUT2D eigenvalue weighted by Gasteiger charge is 2.43. The lowest BCUT2D eigenvalue weighted by Crippen LogP contribution is -2.51. The first-order valence-corrected chi connectivity index (χ1v) is 7.33. The smallest absolute Gasteiger partial charge is 0.330 e. The van der Waals surface area contributed by atoms with Gasteiger partial charge in [0.25, 0.3) is 5.95 Å². The van der Waals surface area contributed by atoms with Crippen LogP contribution in [0.15, 0.2) is 23.2 Å². The summed E-state index contributed by atoms with van der Waals surface area (Å²) < 4.78 is 6.90. The molecular formula is C14H19N5O3. The molecule has 1 saturated heterocycles. The van der Waals surface area contributed by atoms with E-state index in [0.717, 1.165) is 0 Å². The van der Waals surface area contributed by atoms with Gasteiger partial charge in [-0.25, -0.2) is 9.78 Å². The topological polar surface area (TPSA) is 97.3 Å². The molecule has 0 bridgehead atoms. The number of carbonyl (C=O) groups is 1. The first kappa shape index (κ1) is 14.6. The molecule has 1 aliphatic heterocycles. The minimum Gasteiger partial charge on any atom is -0.479 e. The number of hydrogen-bond donors (Lipinski definition) is 1. The summed E-state index contributed by atoms with van der Waals surface area (Å²) in [6.45, 7) is 5.09. The van der Waals surface area contributed by atoms with Crippen molar-refractivity contribution in [1.82, 2.24) is 19.7 Å². The van der Waals surface area contributed by atoms with Crippen molar-refractivity contribution in [3.8, 4) is 0 Å². The van der Waals surface area contributed by atoms with Crippen LogP contribution in [0.25, 0.3) is 0 Å². The molecule has 8 nitrogen and oxygen atoms in total. The van der Waals surface area contributed by atoms with E-state index >= 15 is 0 Å². The number of anilines is 1. The second-order valence-corrected chi connectivity index (χ2v) is 5.88. The standard InChI is InChI=1S/C14H19N5O3/c1-10(2)11-16-13(17-22-11)18-6-3-14(4-7-18,12(20)21)19-8-5-15-9-19/h5,8-10H,3-4,6-7H2,1-2H3,(H,20,21). The third-order valence-electron chi connectivity index (χ3n) is 4.20. The van der Waals surface area contributed by atoms with Crippen molar-refractivity contribution in [2.45, 2.75) is 38.1 Å². The molecule has 22 heavy (non-hydrogen) atoms. The molecule has 1 fully saturated rings. The number of aromatic nitrogens is 4. The number of nitrogens with zero attached hydrogens (tertiary/aromatic N) is 5. The van der Waals surface area contributed by atoms with Gasteiger partial charge in [0.05, 0.1) is 6.33 Å². The van der Waals surface area contributed by atoms with Crippen LogP contribution in [0.4, 0.5) is 5.95 Å². The summed E-state index contributed by atoms with van der Waals surface area (Å²) >= 11 is 0. The lowest BCUT2D eigenvalue weighted by molar-refractivity contribution is -0.148. The Bertz CT molecular complexity index is 641. The number of piperidine rings is 1. The second kappa shape index (κ2) is 5.43. The van der Waals surface area contributed by atoms with Gasteiger partial charge >= 0.3 is 5.97 Å². The second-order valence-electron chi connectivity index (χ2n) is 5.88. The average molecular weight is 305 g/mol. The van der Waals surface area contributed by atoms with Gasteiger partial charge in [-0.15, -0.1) is 0 Å².